The molecule has 0 spiro atoms. The number of hydrogen-bond donors (Lipinski definition) is 0. The van der Waals surface area contributed by atoms with Crippen LogP contribution in [-0.2, 0) is 17.9 Å². The zero-order valence-electron chi connectivity index (χ0n) is 17.5. The molecule has 1 aromatic heterocycles. The lowest BCUT2D eigenvalue weighted by atomic mass is 10.1. The van der Waals surface area contributed by atoms with E-state index in [1.165, 1.54) is 5.56 Å². The number of para-hydroxylation sites is 1. The van der Waals surface area contributed by atoms with Crippen LogP contribution in [0.2, 0.25) is 0 Å². The Bertz CT molecular complexity index is 1080. The maximum atomic E-state index is 12.8. The number of carbonyl (C=O) groups is 1. The monoisotopic (exact) mass is 404 g/mol. The van der Waals surface area contributed by atoms with Crippen LogP contribution in [0.25, 0.3) is 10.9 Å². The molecule has 0 unspecified atom stereocenters. The summed E-state index contributed by atoms with van der Waals surface area (Å²) in [5.41, 5.74) is 2.94. The summed E-state index contributed by atoms with van der Waals surface area (Å²) in [7, 11) is 0. The molecule has 1 aliphatic rings. The molecule has 6 heteroatoms. The fourth-order valence-electron chi connectivity index (χ4n) is 4.09. The maximum absolute atomic E-state index is 12.8. The lowest BCUT2D eigenvalue weighted by molar-refractivity contribution is -0.131. The molecule has 0 saturated carbocycles. The van der Waals surface area contributed by atoms with Crippen LogP contribution in [0, 0.1) is 6.92 Å². The molecule has 1 aliphatic heterocycles. The standard InChI is InChI=1S/C24H28N4O2/c1-19-7-5-10-21-23(19)25-18-28(24(21)30)14-11-22(29)27-13-6-12-26(15-16-27)17-20-8-3-2-4-9-20/h2-5,7-10,18H,6,11-17H2,1H3. The third-order valence-electron chi connectivity index (χ3n) is 5.81. The molecule has 6 nitrogen and oxygen atoms in total. The Morgan fingerprint density at radius 3 is 2.67 bits per heavy atom. The minimum Gasteiger partial charge on any atom is -0.341 e. The van der Waals surface area contributed by atoms with Crippen molar-refractivity contribution in [1.82, 2.24) is 19.4 Å². The van der Waals surface area contributed by atoms with Gasteiger partial charge in [-0.15, -0.1) is 0 Å². The molecule has 0 bridgehead atoms. The second-order valence-electron chi connectivity index (χ2n) is 7.96. The first kappa shape index (κ1) is 20.3. The normalized spacial score (nSPS) is 15.3. The first-order valence-electron chi connectivity index (χ1n) is 10.6. The van der Waals surface area contributed by atoms with Crippen molar-refractivity contribution in [3.05, 3.63) is 76.3 Å². The maximum Gasteiger partial charge on any atom is 0.261 e. The molecule has 156 valence electrons. The van der Waals surface area contributed by atoms with Crippen LogP contribution in [0.1, 0.15) is 24.0 Å². The largest absolute Gasteiger partial charge is 0.341 e. The van der Waals surface area contributed by atoms with Crippen LogP contribution in [0.3, 0.4) is 0 Å². The zero-order valence-corrected chi connectivity index (χ0v) is 17.5. The van der Waals surface area contributed by atoms with Crippen molar-refractivity contribution >= 4 is 16.8 Å². The number of aryl methyl sites for hydroxylation is 2. The first-order valence-corrected chi connectivity index (χ1v) is 10.6. The molecule has 1 saturated heterocycles. The fourth-order valence-corrected chi connectivity index (χ4v) is 4.09. The Labute approximate surface area is 176 Å². The van der Waals surface area contributed by atoms with Gasteiger partial charge in [-0.3, -0.25) is 19.1 Å². The van der Waals surface area contributed by atoms with Crippen LogP contribution < -0.4 is 5.56 Å². The van der Waals surface area contributed by atoms with Crippen LogP contribution in [0.15, 0.2) is 59.7 Å². The van der Waals surface area contributed by atoms with E-state index in [4.69, 9.17) is 0 Å². The summed E-state index contributed by atoms with van der Waals surface area (Å²) in [5, 5.41) is 0.608. The molecule has 30 heavy (non-hydrogen) atoms. The number of nitrogens with zero attached hydrogens (tertiary/aromatic N) is 4. The number of fused-ring (bicyclic) bond motifs is 1. The molecule has 0 atom stereocenters. The van der Waals surface area contributed by atoms with E-state index >= 15 is 0 Å². The van der Waals surface area contributed by atoms with Crippen molar-refractivity contribution in [2.45, 2.75) is 32.9 Å². The molecule has 0 aliphatic carbocycles. The molecule has 0 radical (unpaired) electrons. The minimum absolute atomic E-state index is 0.0820. The van der Waals surface area contributed by atoms with Gasteiger partial charge in [-0.25, -0.2) is 4.98 Å². The van der Waals surface area contributed by atoms with Gasteiger partial charge in [0.1, 0.15) is 0 Å². The van der Waals surface area contributed by atoms with Crippen molar-refractivity contribution in [2.75, 3.05) is 26.2 Å². The van der Waals surface area contributed by atoms with Gasteiger partial charge >= 0.3 is 0 Å². The Balaban J connectivity index is 1.35. The summed E-state index contributed by atoms with van der Waals surface area (Å²) in [5.74, 6) is 0.104. The highest BCUT2D eigenvalue weighted by atomic mass is 16.2. The SMILES string of the molecule is Cc1cccc2c(=O)n(CCC(=O)N3CCCN(Cc4ccccc4)CC3)cnc12. The number of rotatable bonds is 5. The summed E-state index contributed by atoms with van der Waals surface area (Å²) >= 11 is 0. The summed E-state index contributed by atoms with van der Waals surface area (Å²) < 4.78 is 1.55. The second kappa shape index (κ2) is 9.22. The van der Waals surface area contributed by atoms with Crippen molar-refractivity contribution < 1.29 is 4.79 Å². The van der Waals surface area contributed by atoms with E-state index < -0.39 is 0 Å². The van der Waals surface area contributed by atoms with E-state index in [0.29, 0.717) is 18.4 Å². The van der Waals surface area contributed by atoms with Crippen molar-refractivity contribution in [2.24, 2.45) is 0 Å². The Morgan fingerprint density at radius 1 is 1.00 bits per heavy atom. The summed E-state index contributed by atoms with van der Waals surface area (Å²) in [4.78, 5) is 34.3. The van der Waals surface area contributed by atoms with Gasteiger partial charge in [0, 0.05) is 45.7 Å². The van der Waals surface area contributed by atoms with Crippen molar-refractivity contribution in [3.63, 3.8) is 0 Å². The molecule has 4 rings (SSSR count). The highest BCUT2D eigenvalue weighted by Crippen LogP contribution is 2.12. The molecule has 3 aromatic rings. The van der Waals surface area contributed by atoms with Gasteiger partial charge in [-0.05, 0) is 30.5 Å². The summed E-state index contributed by atoms with van der Waals surface area (Å²) in [6, 6.07) is 16.1. The summed E-state index contributed by atoms with van der Waals surface area (Å²) in [6.07, 6.45) is 2.85. The average molecular weight is 405 g/mol. The number of aromatic nitrogens is 2. The Kier molecular flexibility index (Phi) is 6.23. The number of carbonyl (C=O) groups excluding carboxylic acids is 1. The van der Waals surface area contributed by atoms with E-state index in [0.717, 1.165) is 50.2 Å². The van der Waals surface area contributed by atoms with E-state index in [2.05, 4.69) is 34.1 Å². The van der Waals surface area contributed by atoms with Gasteiger partial charge < -0.3 is 4.90 Å². The average Bonchev–Trinajstić information content (AvgIpc) is 3.00. The Morgan fingerprint density at radius 2 is 1.83 bits per heavy atom. The predicted molar refractivity (Wildman–Crippen MR) is 118 cm³/mol. The molecule has 1 fully saturated rings. The van der Waals surface area contributed by atoms with E-state index in [-0.39, 0.29) is 11.5 Å². The van der Waals surface area contributed by atoms with Crippen LogP contribution in [-0.4, -0.2) is 51.4 Å². The molecule has 2 heterocycles. The molecular formula is C24H28N4O2. The second-order valence-corrected chi connectivity index (χ2v) is 7.96. The predicted octanol–water partition coefficient (Wildman–Crippen LogP) is 2.83. The van der Waals surface area contributed by atoms with Gasteiger partial charge in [0.15, 0.2) is 0 Å². The lowest BCUT2D eigenvalue weighted by Gasteiger charge is -2.22. The number of benzene rings is 2. The van der Waals surface area contributed by atoms with Gasteiger partial charge in [0.05, 0.1) is 17.2 Å². The van der Waals surface area contributed by atoms with E-state index in [1.54, 1.807) is 17.0 Å². The third-order valence-corrected chi connectivity index (χ3v) is 5.81. The highest BCUT2D eigenvalue weighted by Gasteiger charge is 2.19. The van der Waals surface area contributed by atoms with Crippen LogP contribution >= 0.6 is 0 Å². The fraction of sp³-hybridized carbons (Fsp3) is 0.375. The number of hydrogen-bond acceptors (Lipinski definition) is 4. The molecule has 1 amide bonds. The van der Waals surface area contributed by atoms with Gasteiger partial charge in [-0.1, -0.05) is 42.5 Å². The van der Waals surface area contributed by atoms with Crippen molar-refractivity contribution in [3.8, 4) is 0 Å². The first-order chi connectivity index (χ1) is 14.6. The van der Waals surface area contributed by atoms with Gasteiger partial charge in [0.25, 0.3) is 5.56 Å². The molecule has 2 aromatic carbocycles. The number of amides is 1. The van der Waals surface area contributed by atoms with E-state index in [9.17, 15) is 9.59 Å². The van der Waals surface area contributed by atoms with Crippen LogP contribution in [0.4, 0.5) is 0 Å². The smallest absolute Gasteiger partial charge is 0.261 e. The quantitative estimate of drug-likeness (QED) is 0.656. The van der Waals surface area contributed by atoms with Crippen molar-refractivity contribution in [1.29, 1.82) is 0 Å². The third kappa shape index (κ3) is 4.60. The summed E-state index contributed by atoms with van der Waals surface area (Å²) in [6.45, 7) is 6.59. The highest BCUT2D eigenvalue weighted by molar-refractivity contribution is 5.80. The topological polar surface area (TPSA) is 58.4 Å². The van der Waals surface area contributed by atoms with Crippen LogP contribution in [0.5, 0.6) is 0 Å². The Hall–Kier alpha value is -2.99. The lowest BCUT2D eigenvalue weighted by Crippen LogP contribution is -2.36. The molecular weight excluding hydrogens is 376 g/mol. The van der Waals surface area contributed by atoms with Gasteiger partial charge in [0.2, 0.25) is 5.91 Å². The minimum atomic E-state index is -0.0820. The van der Waals surface area contributed by atoms with Gasteiger partial charge in [-0.2, -0.15) is 0 Å². The van der Waals surface area contributed by atoms with E-state index in [1.807, 2.05) is 30.0 Å². The molecule has 0 N–H and O–H groups in total. The zero-order chi connectivity index (χ0) is 20.9.